The van der Waals surface area contributed by atoms with E-state index in [1.807, 2.05) is 12.3 Å². The van der Waals surface area contributed by atoms with Gasteiger partial charge in [-0.1, -0.05) is 56.3 Å². The quantitative estimate of drug-likeness (QED) is 0.528. The van der Waals surface area contributed by atoms with Gasteiger partial charge in [0, 0.05) is 23.9 Å². The van der Waals surface area contributed by atoms with Crippen LogP contribution in [0.5, 0.6) is 0 Å². The molecule has 154 valence electrons. The van der Waals surface area contributed by atoms with Crippen LogP contribution in [-0.4, -0.2) is 42.8 Å². The minimum absolute atomic E-state index is 0.513. The molecule has 2 heterocycles. The van der Waals surface area contributed by atoms with Gasteiger partial charge in [-0.2, -0.15) is 0 Å². The summed E-state index contributed by atoms with van der Waals surface area (Å²) < 4.78 is 0. The van der Waals surface area contributed by atoms with Gasteiger partial charge in [0.1, 0.15) is 5.69 Å². The number of hydrogen-bond donors (Lipinski definition) is 0. The van der Waals surface area contributed by atoms with Crippen molar-refractivity contribution < 1.29 is 0 Å². The molecule has 0 amide bonds. The molecule has 1 aliphatic heterocycles. The fourth-order valence-corrected chi connectivity index (χ4v) is 3.91. The second-order valence-corrected chi connectivity index (χ2v) is 8.41. The molecule has 0 fully saturated rings. The highest BCUT2D eigenvalue weighted by atomic mass is 15.2. The van der Waals surface area contributed by atoms with Crippen molar-refractivity contribution in [1.29, 1.82) is 0 Å². The van der Waals surface area contributed by atoms with E-state index in [-0.39, 0.29) is 0 Å². The SMILES string of the molecule is CC(C)c1ccc(C2=Nc3cccnc3N(CCCN(C)C)c3ccccc32)cc1. The summed E-state index contributed by atoms with van der Waals surface area (Å²) in [5, 5.41) is 0. The summed E-state index contributed by atoms with van der Waals surface area (Å²) >= 11 is 0. The van der Waals surface area contributed by atoms with Crippen molar-refractivity contribution in [2.24, 2.45) is 4.99 Å². The fraction of sp³-hybridized carbons (Fsp3) is 0.308. The molecule has 4 nitrogen and oxygen atoms in total. The van der Waals surface area contributed by atoms with Crippen molar-refractivity contribution in [3.8, 4) is 0 Å². The monoisotopic (exact) mass is 398 g/mol. The van der Waals surface area contributed by atoms with Crippen molar-refractivity contribution >= 4 is 22.9 Å². The van der Waals surface area contributed by atoms with Gasteiger partial charge in [-0.05, 0) is 56.7 Å². The van der Waals surface area contributed by atoms with Gasteiger partial charge in [-0.25, -0.2) is 9.98 Å². The Hall–Kier alpha value is -2.98. The molecule has 0 spiro atoms. The second kappa shape index (κ2) is 8.80. The third-order valence-corrected chi connectivity index (χ3v) is 5.54. The first kappa shape index (κ1) is 20.3. The van der Waals surface area contributed by atoms with Crippen LogP contribution in [-0.2, 0) is 0 Å². The van der Waals surface area contributed by atoms with E-state index >= 15 is 0 Å². The molecule has 0 bridgehead atoms. The Morgan fingerprint density at radius 1 is 0.933 bits per heavy atom. The van der Waals surface area contributed by atoms with Crippen LogP contribution in [0.2, 0.25) is 0 Å². The summed E-state index contributed by atoms with van der Waals surface area (Å²) in [5.74, 6) is 1.44. The molecule has 0 radical (unpaired) electrons. The van der Waals surface area contributed by atoms with Crippen LogP contribution in [0.4, 0.5) is 17.2 Å². The molecule has 0 unspecified atom stereocenters. The van der Waals surface area contributed by atoms with Crippen LogP contribution < -0.4 is 4.90 Å². The van der Waals surface area contributed by atoms with Crippen LogP contribution in [0.15, 0.2) is 71.9 Å². The van der Waals surface area contributed by atoms with E-state index < -0.39 is 0 Å². The van der Waals surface area contributed by atoms with Crippen molar-refractivity contribution in [3.63, 3.8) is 0 Å². The summed E-state index contributed by atoms with van der Waals surface area (Å²) in [6.45, 7) is 6.38. The minimum atomic E-state index is 0.513. The molecule has 0 saturated heterocycles. The number of benzene rings is 2. The number of rotatable bonds is 6. The maximum absolute atomic E-state index is 5.12. The Morgan fingerprint density at radius 3 is 2.43 bits per heavy atom. The highest BCUT2D eigenvalue weighted by molar-refractivity contribution is 6.18. The van der Waals surface area contributed by atoms with E-state index in [9.17, 15) is 0 Å². The molecule has 2 aromatic carbocycles. The molecule has 0 atom stereocenters. The van der Waals surface area contributed by atoms with E-state index in [2.05, 4.69) is 92.3 Å². The van der Waals surface area contributed by atoms with Gasteiger partial charge >= 0.3 is 0 Å². The third kappa shape index (κ3) is 4.14. The number of nitrogens with zero attached hydrogens (tertiary/aromatic N) is 4. The molecule has 4 heteroatoms. The highest BCUT2D eigenvalue weighted by Gasteiger charge is 2.24. The Bertz CT molecular complexity index is 1030. The van der Waals surface area contributed by atoms with E-state index in [4.69, 9.17) is 9.98 Å². The predicted octanol–water partition coefficient (Wildman–Crippen LogP) is 5.78. The number of hydrogen-bond acceptors (Lipinski definition) is 4. The molecular formula is C26H30N4. The summed E-state index contributed by atoms with van der Waals surface area (Å²) in [4.78, 5) is 14.4. The summed E-state index contributed by atoms with van der Waals surface area (Å²) in [6, 6.07) is 21.4. The molecular weight excluding hydrogens is 368 g/mol. The molecule has 4 rings (SSSR count). The van der Waals surface area contributed by atoms with Crippen molar-refractivity contribution in [1.82, 2.24) is 9.88 Å². The smallest absolute Gasteiger partial charge is 0.159 e. The molecule has 3 aromatic rings. The number of para-hydroxylation sites is 1. The zero-order valence-corrected chi connectivity index (χ0v) is 18.3. The van der Waals surface area contributed by atoms with Crippen molar-refractivity contribution in [3.05, 3.63) is 83.6 Å². The van der Waals surface area contributed by atoms with Crippen LogP contribution in [0.25, 0.3) is 0 Å². The lowest BCUT2D eigenvalue weighted by Crippen LogP contribution is -2.24. The van der Waals surface area contributed by atoms with E-state index in [1.165, 1.54) is 11.3 Å². The average molecular weight is 399 g/mol. The summed E-state index contributed by atoms with van der Waals surface area (Å²) in [7, 11) is 4.23. The fourth-order valence-electron chi connectivity index (χ4n) is 3.91. The average Bonchev–Trinajstić information content (AvgIpc) is 2.89. The first-order valence-electron chi connectivity index (χ1n) is 10.7. The zero-order valence-electron chi connectivity index (χ0n) is 18.3. The normalized spacial score (nSPS) is 13.1. The number of fused-ring (bicyclic) bond motifs is 2. The van der Waals surface area contributed by atoms with Crippen molar-refractivity contribution in [2.45, 2.75) is 26.2 Å². The Labute approximate surface area is 179 Å². The molecule has 30 heavy (non-hydrogen) atoms. The standard InChI is InChI=1S/C26H30N4/c1-19(2)20-12-14-21(15-13-20)25-22-9-5-6-11-24(22)30(18-8-17-29(3)4)26-23(28-25)10-7-16-27-26/h5-7,9-16,19H,8,17-18H2,1-4H3. The van der Waals surface area contributed by atoms with Crippen LogP contribution in [0, 0.1) is 0 Å². The summed E-state index contributed by atoms with van der Waals surface area (Å²) in [5.41, 5.74) is 6.72. The van der Waals surface area contributed by atoms with Crippen LogP contribution in [0.3, 0.4) is 0 Å². The lowest BCUT2D eigenvalue weighted by atomic mass is 9.96. The number of aliphatic imine (C=N–C) groups is 1. The van der Waals surface area contributed by atoms with E-state index in [1.54, 1.807) is 0 Å². The molecule has 1 aliphatic rings. The van der Waals surface area contributed by atoms with E-state index in [0.29, 0.717) is 5.92 Å². The third-order valence-electron chi connectivity index (χ3n) is 5.54. The second-order valence-electron chi connectivity index (χ2n) is 8.41. The maximum atomic E-state index is 5.12. The number of pyridine rings is 1. The first-order chi connectivity index (χ1) is 14.5. The Kier molecular flexibility index (Phi) is 5.96. The van der Waals surface area contributed by atoms with Gasteiger partial charge in [0.2, 0.25) is 0 Å². The van der Waals surface area contributed by atoms with Crippen LogP contribution in [0.1, 0.15) is 42.9 Å². The maximum Gasteiger partial charge on any atom is 0.159 e. The predicted molar refractivity (Wildman–Crippen MR) is 127 cm³/mol. The van der Waals surface area contributed by atoms with E-state index in [0.717, 1.165) is 47.9 Å². The van der Waals surface area contributed by atoms with Crippen LogP contribution >= 0.6 is 0 Å². The van der Waals surface area contributed by atoms with Gasteiger partial charge in [-0.15, -0.1) is 0 Å². The highest BCUT2D eigenvalue weighted by Crippen LogP contribution is 2.39. The van der Waals surface area contributed by atoms with Gasteiger partial charge in [0.25, 0.3) is 0 Å². The largest absolute Gasteiger partial charge is 0.324 e. The number of aromatic nitrogens is 1. The molecule has 0 N–H and O–H groups in total. The molecule has 1 aromatic heterocycles. The lowest BCUT2D eigenvalue weighted by molar-refractivity contribution is 0.402. The lowest BCUT2D eigenvalue weighted by Gasteiger charge is -2.26. The minimum Gasteiger partial charge on any atom is -0.324 e. The zero-order chi connectivity index (χ0) is 21.1. The molecule has 0 aliphatic carbocycles. The first-order valence-corrected chi connectivity index (χ1v) is 10.7. The van der Waals surface area contributed by atoms with Crippen molar-refractivity contribution in [2.75, 3.05) is 32.1 Å². The number of anilines is 2. The van der Waals surface area contributed by atoms with Gasteiger partial charge < -0.3 is 9.80 Å². The Morgan fingerprint density at radius 2 is 1.70 bits per heavy atom. The molecule has 0 saturated carbocycles. The van der Waals surface area contributed by atoms with Gasteiger partial charge in [0.15, 0.2) is 5.82 Å². The topological polar surface area (TPSA) is 31.7 Å². The Balaban J connectivity index is 1.82. The summed E-state index contributed by atoms with van der Waals surface area (Å²) in [6.07, 6.45) is 2.91. The van der Waals surface area contributed by atoms with Gasteiger partial charge in [-0.3, -0.25) is 0 Å². The van der Waals surface area contributed by atoms with Gasteiger partial charge in [0.05, 0.1) is 11.4 Å².